The highest BCUT2D eigenvalue weighted by Crippen LogP contribution is 2.34. The Balaban J connectivity index is 1.69. The van der Waals surface area contributed by atoms with Crippen molar-refractivity contribution in [2.75, 3.05) is 13.1 Å². The third kappa shape index (κ3) is 2.69. The van der Waals surface area contributed by atoms with E-state index < -0.39 is 0 Å². The number of nitrogens with one attached hydrogen (secondary N) is 1. The standard InChI is InChI=1S/C18H27N3O2/c22-17-14-9-10-15(20-11-5-2-6-12-20)16(14)19-18(23)21(17)13-7-3-1-4-8-13/h13,15H,1-12H2,(H,19,23). The van der Waals surface area contributed by atoms with E-state index in [1.807, 2.05) is 0 Å². The first-order valence-corrected chi connectivity index (χ1v) is 9.37. The number of hydrogen-bond donors (Lipinski definition) is 1. The van der Waals surface area contributed by atoms with E-state index in [1.54, 1.807) is 0 Å². The van der Waals surface area contributed by atoms with Gasteiger partial charge in [-0.15, -0.1) is 0 Å². The number of rotatable bonds is 2. The summed E-state index contributed by atoms with van der Waals surface area (Å²) in [7, 11) is 0. The minimum atomic E-state index is -0.176. The molecule has 2 aliphatic carbocycles. The molecule has 1 saturated heterocycles. The van der Waals surface area contributed by atoms with Crippen molar-refractivity contribution in [3.63, 3.8) is 0 Å². The van der Waals surface area contributed by atoms with Crippen LogP contribution in [0.5, 0.6) is 0 Å². The molecule has 1 aromatic heterocycles. The molecule has 126 valence electrons. The molecular weight excluding hydrogens is 290 g/mol. The zero-order valence-corrected chi connectivity index (χ0v) is 13.9. The lowest BCUT2D eigenvalue weighted by Gasteiger charge is -2.32. The Morgan fingerprint density at radius 3 is 2.30 bits per heavy atom. The average molecular weight is 317 g/mol. The van der Waals surface area contributed by atoms with Crippen LogP contribution in [0.1, 0.15) is 81.1 Å². The lowest BCUT2D eigenvalue weighted by atomic mass is 9.95. The Morgan fingerprint density at radius 2 is 1.57 bits per heavy atom. The molecule has 1 aromatic rings. The number of aromatic amines is 1. The number of likely N-dealkylation sites (tertiary alicyclic amines) is 1. The summed E-state index contributed by atoms with van der Waals surface area (Å²) >= 11 is 0. The molecule has 3 aliphatic rings. The number of piperidine rings is 1. The monoisotopic (exact) mass is 317 g/mol. The highest BCUT2D eigenvalue weighted by molar-refractivity contribution is 5.26. The smallest absolute Gasteiger partial charge is 0.309 e. The van der Waals surface area contributed by atoms with Gasteiger partial charge in [-0.25, -0.2) is 4.79 Å². The lowest BCUT2D eigenvalue weighted by Crippen LogP contribution is -2.42. The molecule has 23 heavy (non-hydrogen) atoms. The van der Waals surface area contributed by atoms with E-state index >= 15 is 0 Å². The second-order valence-corrected chi connectivity index (χ2v) is 7.44. The third-order valence-corrected chi connectivity index (χ3v) is 6.03. The highest BCUT2D eigenvalue weighted by atomic mass is 16.2. The summed E-state index contributed by atoms with van der Waals surface area (Å²) in [6, 6.07) is 0.367. The largest absolute Gasteiger partial charge is 0.328 e. The van der Waals surface area contributed by atoms with Crippen LogP contribution in [-0.2, 0) is 6.42 Å². The van der Waals surface area contributed by atoms with Gasteiger partial charge >= 0.3 is 5.69 Å². The van der Waals surface area contributed by atoms with E-state index in [9.17, 15) is 9.59 Å². The summed E-state index contributed by atoms with van der Waals surface area (Å²) in [4.78, 5) is 31.1. The molecule has 2 fully saturated rings. The van der Waals surface area contributed by atoms with Crippen LogP contribution in [0.2, 0.25) is 0 Å². The molecule has 1 unspecified atom stereocenters. The first-order chi connectivity index (χ1) is 11.3. The molecule has 4 rings (SSSR count). The predicted molar refractivity (Wildman–Crippen MR) is 89.9 cm³/mol. The summed E-state index contributed by atoms with van der Waals surface area (Å²) in [6.45, 7) is 2.19. The molecule has 5 nitrogen and oxygen atoms in total. The maximum absolute atomic E-state index is 12.9. The number of fused-ring (bicyclic) bond motifs is 1. The fraction of sp³-hybridized carbons (Fsp3) is 0.778. The van der Waals surface area contributed by atoms with Crippen LogP contribution in [0.15, 0.2) is 9.59 Å². The molecule has 0 amide bonds. The van der Waals surface area contributed by atoms with E-state index in [2.05, 4.69) is 9.88 Å². The van der Waals surface area contributed by atoms with Crippen molar-refractivity contribution < 1.29 is 0 Å². The second-order valence-electron chi connectivity index (χ2n) is 7.44. The summed E-state index contributed by atoms with van der Waals surface area (Å²) < 4.78 is 1.54. The zero-order valence-electron chi connectivity index (χ0n) is 13.9. The van der Waals surface area contributed by atoms with Crippen molar-refractivity contribution in [3.8, 4) is 0 Å². The van der Waals surface area contributed by atoms with Crippen molar-refractivity contribution in [3.05, 3.63) is 32.1 Å². The molecule has 0 bridgehead atoms. The van der Waals surface area contributed by atoms with Gasteiger partial charge in [0.2, 0.25) is 0 Å². The van der Waals surface area contributed by atoms with Crippen molar-refractivity contribution in [1.29, 1.82) is 0 Å². The van der Waals surface area contributed by atoms with E-state index in [1.165, 1.54) is 30.3 Å². The van der Waals surface area contributed by atoms with Crippen LogP contribution >= 0.6 is 0 Å². The number of H-pyrrole nitrogens is 1. The Bertz CT molecular complexity index is 678. The summed E-state index contributed by atoms with van der Waals surface area (Å²) in [5, 5.41) is 0. The van der Waals surface area contributed by atoms with Gasteiger partial charge in [0, 0.05) is 17.3 Å². The van der Waals surface area contributed by atoms with Gasteiger partial charge in [-0.05, 0) is 51.6 Å². The Labute approximate surface area is 136 Å². The topological polar surface area (TPSA) is 58.1 Å². The fourth-order valence-corrected chi connectivity index (χ4v) is 4.82. The van der Waals surface area contributed by atoms with Crippen molar-refractivity contribution >= 4 is 0 Å². The van der Waals surface area contributed by atoms with Crippen molar-refractivity contribution in [2.24, 2.45) is 0 Å². The van der Waals surface area contributed by atoms with E-state index in [0.29, 0.717) is 0 Å². The third-order valence-electron chi connectivity index (χ3n) is 6.03. The Hall–Kier alpha value is -1.36. The highest BCUT2D eigenvalue weighted by Gasteiger charge is 2.33. The average Bonchev–Trinajstić information content (AvgIpc) is 3.00. The van der Waals surface area contributed by atoms with Gasteiger partial charge in [0.05, 0.1) is 6.04 Å². The Morgan fingerprint density at radius 1 is 0.870 bits per heavy atom. The Kier molecular flexibility index (Phi) is 4.14. The number of nitrogens with zero attached hydrogens (tertiary/aromatic N) is 2. The van der Waals surface area contributed by atoms with Crippen LogP contribution in [0.3, 0.4) is 0 Å². The zero-order chi connectivity index (χ0) is 15.8. The minimum absolute atomic E-state index is 0.00448. The molecule has 1 N–H and O–H groups in total. The molecular formula is C18H27N3O2. The summed E-state index contributed by atoms with van der Waals surface area (Å²) in [5.41, 5.74) is 1.62. The van der Waals surface area contributed by atoms with E-state index in [-0.39, 0.29) is 23.3 Å². The van der Waals surface area contributed by atoms with Crippen LogP contribution < -0.4 is 11.2 Å². The van der Waals surface area contributed by atoms with Crippen LogP contribution in [0, 0.1) is 0 Å². The van der Waals surface area contributed by atoms with Crippen LogP contribution in [0.25, 0.3) is 0 Å². The molecule has 1 aliphatic heterocycles. The molecule has 1 atom stereocenters. The van der Waals surface area contributed by atoms with Gasteiger partial charge < -0.3 is 4.98 Å². The molecule has 5 heteroatoms. The van der Waals surface area contributed by atoms with Gasteiger partial charge in [-0.2, -0.15) is 0 Å². The second kappa shape index (κ2) is 6.27. The molecule has 2 heterocycles. The normalized spacial score (nSPS) is 26.3. The summed E-state index contributed by atoms with van der Waals surface area (Å²) in [6.07, 6.45) is 11.0. The van der Waals surface area contributed by atoms with E-state index in [0.717, 1.165) is 62.9 Å². The van der Waals surface area contributed by atoms with Crippen molar-refractivity contribution in [2.45, 2.75) is 76.3 Å². The molecule has 0 aromatic carbocycles. The van der Waals surface area contributed by atoms with Gasteiger partial charge in [-0.3, -0.25) is 14.3 Å². The van der Waals surface area contributed by atoms with Gasteiger partial charge in [0.1, 0.15) is 0 Å². The maximum atomic E-state index is 12.9. The maximum Gasteiger partial charge on any atom is 0.328 e. The first-order valence-electron chi connectivity index (χ1n) is 9.37. The number of aromatic nitrogens is 2. The fourth-order valence-electron chi connectivity index (χ4n) is 4.82. The van der Waals surface area contributed by atoms with Gasteiger partial charge in [0.25, 0.3) is 5.56 Å². The lowest BCUT2D eigenvalue weighted by molar-refractivity contribution is 0.160. The molecule has 0 spiro atoms. The first kappa shape index (κ1) is 15.2. The van der Waals surface area contributed by atoms with Gasteiger partial charge in [-0.1, -0.05) is 25.7 Å². The number of hydrogen-bond acceptors (Lipinski definition) is 3. The molecule has 0 radical (unpaired) electrons. The van der Waals surface area contributed by atoms with Crippen molar-refractivity contribution in [1.82, 2.24) is 14.5 Å². The predicted octanol–water partition coefficient (Wildman–Crippen LogP) is 2.52. The molecule has 1 saturated carbocycles. The van der Waals surface area contributed by atoms with Gasteiger partial charge in [0.15, 0.2) is 0 Å². The minimum Gasteiger partial charge on any atom is -0.309 e. The summed E-state index contributed by atoms with van der Waals surface area (Å²) in [5.74, 6) is 0. The van der Waals surface area contributed by atoms with E-state index in [4.69, 9.17) is 0 Å². The van der Waals surface area contributed by atoms with Crippen LogP contribution in [-0.4, -0.2) is 27.5 Å². The quantitative estimate of drug-likeness (QED) is 0.912. The van der Waals surface area contributed by atoms with Crippen LogP contribution in [0.4, 0.5) is 0 Å². The SMILES string of the molecule is O=c1[nH]c2c(c(=O)n1C1CCCCC1)CCC2N1CCCCC1.